The average Bonchev–Trinajstić information content (AvgIpc) is 3.12. The molecule has 5 heteroatoms. The van der Waals surface area contributed by atoms with Gasteiger partial charge in [-0.1, -0.05) is 18.2 Å². The first kappa shape index (κ1) is 13.6. The summed E-state index contributed by atoms with van der Waals surface area (Å²) in [6.45, 7) is 0.749. The molecule has 3 heterocycles. The lowest BCUT2D eigenvalue weighted by atomic mass is 9.82. The minimum absolute atomic E-state index is 0.0433. The summed E-state index contributed by atoms with van der Waals surface area (Å²) in [6, 6.07) is 13.9. The number of H-pyrrole nitrogens is 1. The van der Waals surface area contributed by atoms with Crippen LogP contribution < -0.4 is 15.4 Å². The van der Waals surface area contributed by atoms with Crippen molar-refractivity contribution in [3.8, 4) is 5.75 Å². The van der Waals surface area contributed by atoms with Gasteiger partial charge >= 0.3 is 0 Å². The molecule has 120 valence electrons. The molecule has 0 fully saturated rings. The van der Waals surface area contributed by atoms with Gasteiger partial charge in [-0.2, -0.15) is 0 Å². The van der Waals surface area contributed by atoms with Crippen molar-refractivity contribution in [1.29, 1.82) is 0 Å². The lowest BCUT2D eigenvalue weighted by molar-refractivity contribution is -0.120. The van der Waals surface area contributed by atoms with Crippen LogP contribution in [-0.4, -0.2) is 24.5 Å². The van der Waals surface area contributed by atoms with Crippen LogP contribution in [0, 0.1) is 0 Å². The summed E-state index contributed by atoms with van der Waals surface area (Å²) in [5.74, 6) is 0.702. The molecule has 3 aromatic rings. The second-order valence-electron chi connectivity index (χ2n) is 6.32. The van der Waals surface area contributed by atoms with Crippen molar-refractivity contribution in [3.05, 3.63) is 59.3 Å². The number of para-hydroxylation sites is 1. The third-order valence-electron chi connectivity index (χ3n) is 5.17. The van der Waals surface area contributed by atoms with E-state index in [2.05, 4.69) is 27.8 Å². The molecule has 1 atom stereocenters. The fraction of sp³-hybridized carbons (Fsp3) is 0.211. The number of benzene rings is 2. The maximum absolute atomic E-state index is 13.0. The minimum Gasteiger partial charge on any atom is -0.497 e. The van der Waals surface area contributed by atoms with Crippen LogP contribution >= 0.6 is 0 Å². The van der Waals surface area contributed by atoms with Crippen LogP contribution in [0.5, 0.6) is 5.75 Å². The van der Waals surface area contributed by atoms with Gasteiger partial charge in [-0.3, -0.25) is 10.1 Å². The highest BCUT2D eigenvalue weighted by molar-refractivity contribution is 6.09. The number of aromatic amines is 1. The number of hydrogen-bond donors (Lipinski definition) is 3. The number of rotatable bonds is 1. The molecule has 5 rings (SSSR count). The third-order valence-corrected chi connectivity index (χ3v) is 5.17. The van der Waals surface area contributed by atoms with E-state index >= 15 is 0 Å². The molecule has 0 radical (unpaired) electrons. The molecule has 2 aliphatic rings. The number of hydrogen-bond acceptors (Lipinski definition) is 3. The Bertz CT molecular complexity index is 991. The summed E-state index contributed by atoms with van der Waals surface area (Å²) >= 11 is 0. The Hall–Kier alpha value is -2.79. The van der Waals surface area contributed by atoms with Crippen molar-refractivity contribution in [2.75, 3.05) is 19.0 Å². The molecule has 5 nitrogen and oxygen atoms in total. The van der Waals surface area contributed by atoms with Crippen LogP contribution in [-0.2, 0) is 16.8 Å². The number of carbonyl (C=O) groups is 1. The number of aromatic nitrogens is 1. The van der Waals surface area contributed by atoms with Crippen molar-refractivity contribution >= 4 is 22.5 Å². The minimum atomic E-state index is -0.878. The second-order valence-corrected chi connectivity index (χ2v) is 6.32. The van der Waals surface area contributed by atoms with Crippen molar-refractivity contribution in [1.82, 2.24) is 10.3 Å². The van der Waals surface area contributed by atoms with Gasteiger partial charge in [0.15, 0.2) is 5.54 Å². The van der Waals surface area contributed by atoms with Gasteiger partial charge in [0.05, 0.1) is 12.8 Å². The van der Waals surface area contributed by atoms with Crippen LogP contribution in [0.4, 0.5) is 5.69 Å². The molecular formula is C19H17N3O2. The predicted octanol–water partition coefficient (Wildman–Crippen LogP) is 2.52. The zero-order chi connectivity index (χ0) is 16.3. The summed E-state index contributed by atoms with van der Waals surface area (Å²) in [5, 5.41) is 7.68. The molecule has 2 aromatic carbocycles. The molecule has 24 heavy (non-hydrogen) atoms. The van der Waals surface area contributed by atoms with Crippen molar-refractivity contribution < 1.29 is 9.53 Å². The number of methoxy groups -OCH3 is 1. The highest BCUT2D eigenvalue weighted by Gasteiger charge is 2.52. The molecule has 1 amide bonds. The van der Waals surface area contributed by atoms with E-state index in [0.29, 0.717) is 0 Å². The van der Waals surface area contributed by atoms with Gasteiger partial charge in [-0.25, -0.2) is 0 Å². The van der Waals surface area contributed by atoms with Gasteiger partial charge in [0.2, 0.25) is 0 Å². The Morgan fingerprint density at radius 1 is 1.17 bits per heavy atom. The van der Waals surface area contributed by atoms with E-state index in [4.69, 9.17) is 4.74 Å². The number of nitrogens with one attached hydrogen (secondary N) is 3. The number of carbonyl (C=O) groups excluding carboxylic acids is 1. The van der Waals surface area contributed by atoms with Crippen molar-refractivity contribution in [2.24, 2.45) is 0 Å². The Labute approximate surface area is 139 Å². The SMILES string of the molecule is COc1ccc2c(c1)C1(NCCc3c1[nH]c1ccccc31)C(=O)N2. The fourth-order valence-corrected chi connectivity index (χ4v) is 4.07. The Kier molecular flexibility index (Phi) is 2.62. The van der Waals surface area contributed by atoms with Crippen LogP contribution in [0.25, 0.3) is 10.9 Å². The molecule has 1 aromatic heterocycles. The normalized spacial score (nSPS) is 21.6. The van der Waals surface area contributed by atoms with Crippen LogP contribution in [0.15, 0.2) is 42.5 Å². The van der Waals surface area contributed by atoms with Gasteiger partial charge in [0, 0.05) is 28.7 Å². The van der Waals surface area contributed by atoms with E-state index < -0.39 is 5.54 Å². The number of ether oxygens (including phenoxy) is 1. The van der Waals surface area contributed by atoms with E-state index in [9.17, 15) is 4.79 Å². The second kappa shape index (κ2) is 4.61. The number of anilines is 1. The van der Waals surface area contributed by atoms with E-state index in [1.165, 1.54) is 10.9 Å². The van der Waals surface area contributed by atoms with Crippen LogP contribution in [0.1, 0.15) is 16.8 Å². The third kappa shape index (κ3) is 1.55. The maximum atomic E-state index is 13.0. The highest BCUT2D eigenvalue weighted by atomic mass is 16.5. The van der Waals surface area contributed by atoms with Gasteiger partial charge in [-0.05, 0) is 36.2 Å². The first-order chi connectivity index (χ1) is 11.7. The molecular weight excluding hydrogens is 302 g/mol. The summed E-state index contributed by atoms with van der Waals surface area (Å²) in [6.07, 6.45) is 0.897. The predicted molar refractivity (Wildman–Crippen MR) is 92.4 cm³/mol. The average molecular weight is 319 g/mol. The van der Waals surface area contributed by atoms with E-state index in [1.807, 2.05) is 30.3 Å². The molecule has 1 unspecified atom stereocenters. The molecule has 0 saturated heterocycles. The standard InChI is InChI=1S/C19H17N3O2/c1-24-11-6-7-16-14(10-11)19(18(23)22-16)17-13(8-9-20-19)12-4-2-3-5-15(12)21-17/h2-7,10,20-21H,8-9H2,1H3,(H,22,23). The topological polar surface area (TPSA) is 66.1 Å². The number of amides is 1. The Morgan fingerprint density at radius 3 is 2.92 bits per heavy atom. The summed E-state index contributed by atoms with van der Waals surface area (Å²) in [5.41, 5.74) is 4.10. The molecule has 3 N–H and O–H groups in total. The van der Waals surface area contributed by atoms with E-state index in [1.54, 1.807) is 7.11 Å². The molecule has 1 spiro atoms. The van der Waals surface area contributed by atoms with Crippen LogP contribution in [0.3, 0.4) is 0 Å². The van der Waals surface area contributed by atoms with Gasteiger partial charge in [0.25, 0.3) is 5.91 Å². The van der Waals surface area contributed by atoms with E-state index in [-0.39, 0.29) is 5.91 Å². The zero-order valence-electron chi connectivity index (χ0n) is 13.3. The first-order valence-electron chi connectivity index (χ1n) is 8.09. The summed E-state index contributed by atoms with van der Waals surface area (Å²) < 4.78 is 5.38. The zero-order valence-corrected chi connectivity index (χ0v) is 13.3. The maximum Gasteiger partial charge on any atom is 0.255 e. The largest absolute Gasteiger partial charge is 0.497 e. The molecule has 0 bridgehead atoms. The molecule has 2 aliphatic heterocycles. The Balaban J connectivity index is 1.84. The van der Waals surface area contributed by atoms with Crippen molar-refractivity contribution in [3.63, 3.8) is 0 Å². The van der Waals surface area contributed by atoms with E-state index in [0.717, 1.165) is 41.2 Å². The molecule has 0 aliphatic carbocycles. The lowest BCUT2D eigenvalue weighted by Crippen LogP contribution is -2.53. The fourth-order valence-electron chi connectivity index (χ4n) is 4.07. The van der Waals surface area contributed by atoms with Crippen molar-refractivity contribution in [2.45, 2.75) is 12.0 Å². The summed E-state index contributed by atoms with van der Waals surface area (Å²) in [7, 11) is 1.64. The Morgan fingerprint density at radius 2 is 2.04 bits per heavy atom. The van der Waals surface area contributed by atoms with Gasteiger partial charge in [-0.15, -0.1) is 0 Å². The molecule has 0 saturated carbocycles. The quantitative estimate of drug-likeness (QED) is 0.646. The van der Waals surface area contributed by atoms with Gasteiger partial charge < -0.3 is 15.0 Å². The van der Waals surface area contributed by atoms with Gasteiger partial charge in [0.1, 0.15) is 5.75 Å². The van der Waals surface area contributed by atoms with Crippen LogP contribution in [0.2, 0.25) is 0 Å². The highest BCUT2D eigenvalue weighted by Crippen LogP contribution is 2.46. The lowest BCUT2D eigenvalue weighted by Gasteiger charge is -2.33. The number of fused-ring (bicyclic) bond motifs is 6. The monoisotopic (exact) mass is 319 g/mol. The summed E-state index contributed by atoms with van der Waals surface area (Å²) in [4.78, 5) is 16.5. The first-order valence-corrected chi connectivity index (χ1v) is 8.09. The smallest absolute Gasteiger partial charge is 0.255 e.